The fourth-order valence-electron chi connectivity index (χ4n) is 2.94. The summed E-state index contributed by atoms with van der Waals surface area (Å²) in [5, 5.41) is 3.97. The van der Waals surface area contributed by atoms with Crippen LogP contribution in [0.25, 0.3) is 10.9 Å². The highest BCUT2D eigenvalue weighted by molar-refractivity contribution is 7.98. The first-order chi connectivity index (χ1) is 14.5. The predicted molar refractivity (Wildman–Crippen MR) is 119 cm³/mol. The molecule has 8 heteroatoms. The van der Waals surface area contributed by atoms with Crippen LogP contribution in [0.3, 0.4) is 0 Å². The molecule has 0 aliphatic rings. The van der Waals surface area contributed by atoms with Gasteiger partial charge in [0.05, 0.1) is 0 Å². The van der Waals surface area contributed by atoms with Crippen LogP contribution in [0, 0.1) is 0 Å². The van der Waals surface area contributed by atoms with Crippen molar-refractivity contribution < 1.29 is 19.1 Å². The molecule has 0 aliphatic heterocycles. The van der Waals surface area contributed by atoms with E-state index in [9.17, 15) is 14.4 Å². The molecule has 0 bridgehead atoms. The molecule has 0 fully saturated rings. The van der Waals surface area contributed by atoms with Gasteiger partial charge in [0.1, 0.15) is 6.04 Å². The monoisotopic (exact) mass is 444 g/mol. The largest absolute Gasteiger partial charge is 0.456 e. The third-order valence-electron chi connectivity index (χ3n) is 4.54. The molecule has 0 spiro atoms. The minimum absolute atomic E-state index is 0.312. The fraction of sp³-hybridized carbons (Fsp3) is 0.227. The van der Waals surface area contributed by atoms with Crippen molar-refractivity contribution in [1.29, 1.82) is 0 Å². The first-order valence-corrected chi connectivity index (χ1v) is 11.1. The van der Waals surface area contributed by atoms with Crippen LogP contribution in [0.1, 0.15) is 27.1 Å². The maximum atomic E-state index is 12.6. The van der Waals surface area contributed by atoms with Crippen LogP contribution in [0.5, 0.6) is 0 Å². The number of carbonyl (C=O) groups excluding carboxylic acids is 3. The Morgan fingerprint density at radius 2 is 1.87 bits per heavy atom. The number of Topliss-reactive ketones (excluding diaryl/α,β-unsaturated/α-hetero) is 1. The number of nitrogens with one attached hydrogen (secondary N) is 2. The lowest BCUT2D eigenvalue weighted by atomic mass is 10.1. The summed E-state index contributed by atoms with van der Waals surface area (Å²) in [4.78, 5) is 40.6. The number of thioether (sulfide) groups is 1. The van der Waals surface area contributed by atoms with Crippen molar-refractivity contribution in [2.75, 3.05) is 18.6 Å². The van der Waals surface area contributed by atoms with Gasteiger partial charge in [0.15, 0.2) is 6.61 Å². The second kappa shape index (κ2) is 10.3. The molecule has 2 aromatic carbocycles. The molecular formula is C22H21ClN2O4S. The number of hydrogen-bond donors (Lipinski definition) is 2. The number of benzene rings is 2. The molecule has 3 rings (SSSR count). The van der Waals surface area contributed by atoms with Gasteiger partial charge in [-0.05, 0) is 48.8 Å². The SMILES string of the molecule is CSCC[C@@H](NC(=O)c1ccc(Cl)cc1)C(=O)OCC(=O)c1c[nH]c2ccccc12. The lowest BCUT2D eigenvalue weighted by molar-refractivity contribution is -0.144. The number of halogens is 1. The van der Waals surface area contributed by atoms with Gasteiger partial charge in [-0.2, -0.15) is 11.8 Å². The van der Waals surface area contributed by atoms with Crippen LogP contribution < -0.4 is 5.32 Å². The molecule has 0 saturated heterocycles. The van der Waals surface area contributed by atoms with E-state index in [0.717, 1.165) is 10.9 Å². The highest BCUT2D eigenvalue weighted by Crippen LogP contribution is 2.18. The number of carbonyl (C=O) groups is 3. The van der Waals surface area contributed by atoms with Gasteiger partial charge in [-0.1, -0.05) is 29.8 Å². The Bertz CT molecular complexity index is 1050. The lowest BCUT2D eigenvalue weighted by Gasteiger charge is -2.17. The van der Waals surface area contributed by atoms with Gasteiger partial charge < -0.3 is 15.0 Å². The van der Waals surface area contributed by atoms with E-state index in [2.05, 4.69) is 10.3 Å². The Labute approximate surface area is 183 Å². The third kappa shape index (κ3) is 5.43. The molecule has 0 radical (unpaired) electrons. The smallest absolute Gasteiger partial charge is 0.329 e. The van der Waals surface area contributed by atoms with Gasteiger partial charge in [0.2, 0.25) is 5.78 Å². The standard InChI is InChI=1S/C22H21ClN2O4S/c1-30-11-10-19(25-21(27)14-6-8-15(23)9-7-14)22(28)29-13-20(26)17-12-24-18-5-3-2-4-16(17)18/h2-9,12,19,24H,10-11,13H2,1H3,(H,25,27)/t19-/m1/s1. The summed E-state index contributed by atoms with van der Waals surface area (Å²) in [7, 11) is 0. The zero-order valence-electron chi connectivity index (χ0n) is 16.3. The van der Waals surface area contributed by atoms with Crippen molar-refractivity contribution in [2.45, 2.75) is 12.5 Å². The Balaban J connectivity index is 1.63. The minimum atomic E-state index is -0.851. The number of esters is 1. The van der Waals surface area contributed by atoms with Crippen molar-refractivity contribution in [2.24, 2.45) is 0 Å². The molecule has 0 saturated carbocycles. The predicted octanol–water partition coefficient (Wildman–Crippen LogP) is 4.10. The normalized spacial score (nSPS) is 11.8. The number of para-hydroxylation sites is 1. The number of aromatic amines is 1. The van der Waals surface area contributed by atoms with Gasteiger partial charge in [0, 0.05) is 33.2 Å². The number of aromatic nitrogens is 1. The maximum Gasteiger partial charge on any atom is 0.329 e. The molecule has 156 valence electrons. The van der Waals surface area contributed by atoms with E-state index in [1.165, 1.54) is 0 Å². The van der Waals surface area contributed by atoms with Crippen LogP contribution in [0.2, 0.25) is 5.02 Å². The first-order valence-electron chi connectivity index (χ1n) is 9.31. The van der Waals surface area contributed by atoms with Gasteiger partial charge in [-0.3, -0.25) is 9.59 Å². The Morgan fingerprint density at radius 3 is 2.60 bits per heavy atom. The van der Waals surface area contributed by atoms with E-state index < -0.39 is 24.5 Å². The Morgan fingerprint density at radius 1 is 1.13 bits per heavy atom. The molecule has 1 heterocycles. The van der Waals surface area contributed by atoms with Crippen molar-refractivity contribution in [3.05, 3.63) is 70.9 Å². The molecule has 1 atom stereocenters. The first kappa shape index (κ1) is 21.9. The van der Waals surface area contributed by atoms with E-state index in [1.807, 2.05) is 30.5 Å². The van der Waals surface area contributed by atoms with Crippen molar-refractivity contribution in [3.8, 4) is 0 Å². The number of amides is 1. The highest BCUT2D eigenvalue weighted by Gasteiger charge is 2.24. The maximum absolute atomic E-state index is 12.6. The van der Waals surface area contributed by atoms with Crippen LogP contribution in [0.4, 0.5) is 0 Å². The Kier molecular flexibility index (Phi) is 7.54. The number of fused-ring (bicyclic) bond motifs is 1. The van der Waals surface area contributed by atoms with Gasteiger partial charge in [-0.25, -0.2) is 4.79 Å². The number of hydrogen-bond acceptors (Lipinski definition) is 5. The molecule has 1 amide bonds. The molecule has 0 aliphatic carbocycles. The molecule has 1 aromatic heterocycles. The van der Waals surface area contributed by atoms with E-state index >= 15 is 0 Å². The molecular weight excluding hydrogens is 424 g/mol. The average molecular weight is 445 g/mol. The zero-order valence-corrected chi connectivity index (χ0v) is 17.9. The van der Waals surface area contributed by atoms with Crippen LogP contribution in [-0.4, -0.2) is 47.3 Å². The van der Waals surface area contributed by atoms with Crippen molar-refractivity contribution in [1.82, 2.24) is 10.3 Å². The third-order valence-corrected chi connectivity index (χ3v) is 5.44. The fourth-order valence-corrected chi connectivity index (χ4v) is 3.54. The van der Waals surface area contributed by atoms with Crippen LogP contribution in [0.15, 0.2) is 54.7 Å². The highest BCUT2D eigenvalue weighted by atomic mass is 35.5. The number of rotatable bonds is 9. The number of H-pyrrole nitrogens is 1. The molecule has 3 aromatic rings. The number of ether oxygens (including phenoxy) is 1. The summed E-state index contributed by atoms with van der Waals surface area (Å²) in [6, 6.07) is 12.9. The van der Waals surface area contributed by atoms with Crippen LogP contribution in [-0.2, 0) is 9.53 Å². The second-order valence-electron chi connectivity index (χ2n) is 6.59. The van der Waals surface area contributed by atoms with Crippen molar-refractivity contribution in [3.63, 3.8) is 0 Å². The van der Waals surface area contributed by atoms with E-state index in [1.54, 1.807) is 42.2 Å². The summed E-state index contributed by atoms with van der Waals surface area (Å²) >= 11 is 7.40. The topological polar surface area (TPSA) is 88.3 Å². The summed E-state index contributed by atoms with van der Waals surface area (Å²) < 4.78 is 5.24. The summed E-state index contributed by atoms with van der Waals surface area (Å²) in [6.45, 7) is -0.396. The quantitative estimate of drug-likeness (QED) is 0.383. The van der Waals surface area contributed by atoms with E-state index in [4.69, 9.17) is 16.3 Å². The summed E-state index contributed by atoms with van der Waals surface area (Å²) in [5.74, 6) is -0.706. The molecule has 6 nitrogen and oxygen atoms in total. The van der Waals surface area contributed by atoms with Crippen LogP contribution >= 0.6 is 23.4 Å². The van der Waals surface area contributed by atoms with Gasteiger partial charge in [0.25, 0.3) is 5.91 Å². The van der Waals surface area contributed by atoms with E-state index in [0.29, 0.717) is 28.3 Å². The van der Waals surface area contributed by atoms with Gasteiger partial charge >= 0.3 is 5.97 Å². The minimum Gasteiger partial charge on any atom is -0.456 e. The van der Waals surface area contributed by atoms with E-state index in [-0.39, 0.29) is 5.78 Å². The summed E-state index contributed by atoms with van der Waals surface area (Å²) in [6.07, 6.45) is 3.90. The number of ketones is 1. The van der Waals surface area contributed by atoms with Crippen molar-refractivity contribution >= 4 is 51.9 Å². The zero-order chi connectivity index (χ0) is 21.5. The lowest BCUT2D eigenvalue weighted by Crippen LogP contribution is -2.42. The molecule has 0 unspecified atom stereocenters. The summed E-state index contributed by atoms with van der Waals surface area (Å²) in [5.41, 5.74) is 1.68. The second-order valence-corrected chi connectivity index (χ2v) is 8.02. The molecule has 30 heavy (non-hydrogen) atoms. The molecule has 2 N–H and O–H groups in total. The van der Waals surface area contributed by atoms with Gasteiger partial charge in [-0.15, -0.1) is 0 Å². The average Bonchev–Trinajstić information content (AvgIpc) is 3.19. The Hall–Kier alpha value is -2.77.